The molecule has 1 aliphatic carbocycles. The van der Waals surface area contributed by atoms with Gasteiger partial charge in [-0.25, -0.2) is 9.36 Å². The molecule has 2 N–H and O–H groups in total. The van der Waals surface area contributed by atoms with Crippen LogP contribution in [0, 0.1) is 11.8 Å². The summed E-state index contributed by atoms with van der Waals surface area (Å²) in [6.07, 6.45) is 6.28. The lowest BCUT2D eigenvalue weighted by Gasteiger charge is -2.27. The second kappa shape index (κ2) is 11.0. The Kier molecular flexibility index (Phi) is 7.21. The fraction of sp³-hybridized carbons (Fsp3) is 0.286. The van der Waals surface area contributed by atoms with Crippen molar-refractivity contribution in [3.05, 3.63) is 96.3 Å². The zero-order chi connectivity index (χ0) is 24.7. The summed E-state index contributed by atoms with van der Waals surface area (Å²) >= 11 is 0. The summed E-state index contributed by atoms with van der Waals surface area (Å²) in [5.74, 6) is 0.779. The van der Waals surface area contributed by atoms with Crippen LogP contribution in [0.25, 0.3) is 0 Å². The van der Waals surface area contributed by atoms with E-state index in [2.05, 4.69) is 20.8 Å². The molecule has 2 amide bonds. The minimum absolute atomic E-state index is 0.0589. The van der Waals surface area contributed by atoms with Crippen LogP contribution in [0.4, 0.5) is 11.6 Å². The molecule has 0 bridgehead atoms. The number of nitrogens with zero attached hydrogens (tertiary/aromatic N) is 4. The molecular weight excluding hydrogens is 452 g/mol. The van der Waals surface area contributed by atoms with Crippen molar-refractivity contribution in [2.24, 2.45) is 11.8 Å². The van der Waals surface area contributed by atoms with Gasteiger partial charge < -0.3 is 10.6 Å². The van der Waals surface area contributed by atoms with Gasteiger partial charge in [0.1, 0.15) is 11.6 Å². The van der Waals surface area contributed by atoms with Gasteiger partial charge in [-0.05, 0) is 30.4 Å². The maximum atomic E-state index is 13.1. The molecule has 2 atom stereocenters. The fourth-order valence-electron chi connectivity index (χ4n) is 4.77. The number of hydrogen-bond acceptors (Lipinski definition) is 4. The van der Waals surface area contributed by atoms with E-state index in [0.717, 1.165) is 30.4 Å². The van der Waals surface area contributed by atoms with Crippen LogP contribution in [0.1, 0.15) is 36.8 Å². The highest BCUT2D eigenvalue weighted by Crippen LogP contribution is 2.31. The highest BCUT2D eigenvalue weighted by molar-refractivity contribution is 5.94. The highest BCUT2D eigenvalue weighted by atomic mass is 16.2. The average molecular weight is 483 g/mol. The van der Waals surface area contributed by atoms with E-state index >= 15 is 0 Å². The van der Waals surface area contributed by atoms with Gasteiger partial charge in [-0.1, -0.05) is 67.1 Å². The maximum Gasteiger partial charge on any atom is 0.228 e. The van der Waals surface area contributed by atoms with Crippen LogP contribution in [0.5, 0.6) is 0 Å². The van der Waals surface area contributed by atoms with Crippen LogP contribution in [0.15, 0.2) is 85.2 Å². The first-order valence-electron chi connectivity index (χ1n) is 12.4. The standard InChI is InChI=1S/C28H30N6O2/c35-27(31-25-14-16-29-33(25)19-21-8-3-1-4-9-21)23-12-7-13-24(18-23)28(36)32-26-15-17-30-34(26)20-22-10-5-2-6-11-22/h1-6,8-11,14-17,23-24H,7,12-13,18-20H2,(H,31,35)(H,32,36). The van der Waals surface area contributed by atoms with Crippen LogP contribution in [0.3, 0.4) is 0 Å². The molecule has 1 saturated carbocycles. The Morgan fingerprint density at radius 1 is 0.694 bits per heavy atom. The molecule has 2 aromatic carbocycles. The number of benzene rings is 2. The van der Waals surface area contributed by atoms with Gasteiger partial charge >= 0.3 is 0 Å². The molecule has 0 radical (unpaired) electrons. The number of rotatable bonds is 8. The van der Waals surface area contributed by atoms with Gasteiger partial charge in [-0.15, -0.1) is 0 Å². The first kappa shape index (κ1) is 23.5. The predicted octanol–water partition coefficient (Wildman–Crippen LogP) is 4.56. The van der Waals surface area contributed by atoms with E-state index in [0.29, 0.717) is 31.1 Å². The third-order valence-corrected chi connectivity index (χ3v) is 6.70. The molecule has 0 aliphatic heterocycles. The van der Waals surface area contributed by atoms with E-state index in [-0.39, 0.29) is 23.7 Å². The van der Waals surface area contributed by atoms with Crippen molar-refractivity contribution in [2.75, 3.05) is 10.6 Å². The molecule has 2 aromatic heterocycles. The highest BCUT2D eigenvalue weighted by Gasteiger charge is 2.32. The summed E-state index contributed by atoms with van der Waals surface area (Å²) < 4.78 is 3.57. The van der Waals surface area contributed by atoms with Crippen molar-refractivity contribution in [1.82, 2.24) is 19.6 Å². The molecule has 36 heavy (non-hydrogen) atoms. The molecule has 0 spiro atoms. The number of aromatic nitrogens is 4. The van der Waals surface area contributed by atoms with E-state index in [9.17, 15) is 9.59 Å². The number of hydrogen-bond donors (Lipinski definition) is 2. The molecule has 184 valence electrons. The van der Waals surface area contributed by atoms with Gasteiger partial charge in [0, 0.05) is 24.0 Å². The van der Waals surface area contributed by atoms with Gasteiger partial charge in [0.25, 0.3) is 0 Å². The summed E-state index contributed by atoms with van der Waals surface area (Å²) in [7, 11) is 0. The topological polar surface area (TPSA) is 93.8 Å². The molecule has 1 aliphatic rings. The van der Waals surface area contributed by atoms with E-state index in [1.54, 1.807) is 21.8 Å². The van der Waals surface area contributed by atoms with Crippen molar-refractivity contribution >= 4 is 23.5 Å². The lowest BCUT2D eigenvalue weighted by Crippen LogP contribution is -2.34. The van der Waals surface area contributed by atoms with Crippen LogP contribution in [-0.2, 0) is 22.7 Å². The van der Waals surface area contributed by atoms with Crippen LogP contribution in [-0.4, -0.2) is 31.4 Å². The monoisotopic (exact) mass is 482 g/mol. The number of nitrogens with one attached hydrogen (secondary N) is 2. The Balaban J connectivity index is 1.18. The van der Waals surface area contributed by atoms with Crippen molar-refractivity contribution in [3.8, 4) is 0 Å². The third-order valence-electron chi connectivity index (χ3n) is 6.70. The lowest BCUT2D eigenvalue weighted by atomic mass is 9.80. The minimum Gasteiger partial charge on any atom is -0.311 e. The molecule has 8 nitrogen and oxygen atoms in total. The maximum absolute atomic E-state index is 13.1. The molecule has 5 rings (SSSR count). The van der Waals surface area contributed by atoms with Gasteiger partial charge in [0.05, 0.1) is 25.5 Å². The summed E-state index contributed by atoms with van der Waals surface area (Å²) in [6, 6.07) is 23.6. The molecule has 8 heteroatoms. The SMILES string of the molecule is O=C(Nc1ccnn1Cc1ccccc1)C1CCCC(C(=O)Nc2ccnn2Cc2ccccc2)C1. The molecule has 2 unspecified atom stereocenters. The summed E-state index contributed by atoms with van der Waals surface area (Å²) in [4.78, 5) is 26.2. The van der Waals surface area contributed by atoms with Gasteiger partial charge in [-0.2, -0.15) is 10.2 Å². The Hall–Kier alpha value is -4.20. The molecule has 1 fully saturated rings. The third kappa shape index (κ3) is 5.71. The number of anilines is 2. The predicted molar refractivity (Wildman–Crippen MR) is 138 cm³/mol. The quantitative estimate of drug-likeness (QED) is 0.385. The van der Waals surface area contributed by atoms with E-state index in [1.807, 2.05) is 72.8 Å². The second-order valence-electron chi connectivity index (χ2n) is 9.26. The second-order valence-corrected chi connectivity index (χ2v) is 9.26. The van der Waals surface area contributed by atoms with Gasteiger partial charge in [0.2, 0.25) is 11.8 Å². The smallest absolute Gasteiger partial charge is 0.228 e. The first-order valence-corrected chi connectivity index (χ1v) is 12.4. The summed E-state index contributed by atoms with van der Waals surface area (Å²) in [5, 5.41) is 14.8. The van der Waals surface area contributed by atoms with Crippen LogP contribution >= 0.6 is 0 Å². The molecule has 4 aromatic rings. The van der Waals surface area contributed by atoms with Gasteiger partial charge in [-0.3, -0.25) is 9.59 Å². The lowest BCUT2D eigenvalue weighted by molar-refractivity contribution is -0.124. The van der Waals surface area contributed by atoms with E-state index in [4.69, 9.17) is 0 Å². The Bertz CT molecular complexity index is 1200. The molecule has 0 saturated heterocycles. The average Bonchev–Trinajstić information content (AvgIpc) is 3.54. The van der Waals surface area contributed by atoms with Crippen LogP contribution in [0.2, 0.25) is 0 Å². The van der Waals surface area contributed by atoms with E-state index in [1.165, 1.54) is 0 Å². The summed E-state index contributed by atoms with van der Waals surface area (Å²) in [5.41, 5.74) is 2.22. The zero-order valence-corrected chi connectivity index (χ0v) is 20.1. The number of amides is 2. The van der Waals surface area contributed by atoms with Crippen LogP contribution < -0.4 is 10.6 Å². The van der Waals surface area contributed by atoms with E-state index < -0.39 is 0 Å². The van der Waals surface area contributed by atoms with Crippen molar-refractivity contribution in [3.63, 3.8) is 0 Å². The number of carbonyl (C=O) groups is 2. The Morgan fingerprint density at radius 3 is 1.58 bits per heavy atom. The Labute approximate surface area is 210 Å². The summed E-state index contributed by atoms with van der Waals surface area (Å²) in [6.45, 7) is 1.16. The normalized spacial score (nSPS) is 17.4. The minimum atomic E-state index is -0.219. The van der Waals surface area contributed by atoms with Crippen molar-refractivity contribution in [2.45, 2.75) is 38.8 Å². The van der Waals surface area contributed by atoms with Crippen molar-refractivity contribution in [1.29, 1.82) is 0 Å². The first-order chi connectivity index (χ1) is 17.7. The van der Waals surface area contributed by atoms with Crippen molar-refractivity contribution < 1.29 is 9.59 Å². The van der Waals surface area contributed by atoms with Gasteiger partial charge in [0.15, 0.2) is 0 Å². The fourth-order valence-corrected chi connectivity index (χ4v) is 4.77. The zero-order valence-electron chi connectivity index (χ0n) is 20.1. The Morgan fingerprint density at radius 2 is 1.14 bits per heavy atom. The molecule has 2 heterocycles. The largest absolute Gasteiger partial charge is 0.311 e. The molecular formula is C28H30N6O2. The number of carbonyl (C=O) groups excluding carboxylic acids is 2.